The predicted octanol–water partition coefficient (Wildman–Crippen LogP) is 4.70. The molecule has 0 aliphatic heterocycles. The molecule has 0 saturated carbocycles. The first-order valence-electron chi connectivity index (χ1n) is 8.13. The van der Waals surface area contributed by atoms with Gasteiger partial charge in [0.15, 0.2) is 6.20 Å². The van der Waals surface area contributed by atoms with Crippen LogP contribution in [0.3, 0.4) is 0 Å². The molecule has 0 aliphatic rings. The second-order valence-corrected chi connectivity index (χ2v) is 6.13. The summed E-state index contributed by atoms with van der Waals surface area (Å²) in [6, 6.07) is 21.5. The molecule has 0 saturated heterocycles. The normalized spacial score (nSPS) is 10.9. The van der Waals surface area contributed by atoms with Crippen molar-refractivity contribution in [1.29, 1.82) is 0 Å². The third kappa shape index (κ3) is 2.46. The van der Waals surface area contributed by atoms with Gasteiger partial charge in [-0.2, -0.15) is 0 Å². The Bertz CT molecular complexity index is 1020. The number of benzene rings is 2. The summed E-state index contributed by atoms with van der Waals surface area (Å²) in [4.78, 5) is 4.12. The lowest BCUT2D eigenvalue weighted by molar-refractivity contribution is -0.659. The van der Waals surface area contributed by atoms with Crippen LogP contribution in [0.1, 0.15) is 5.56 Å². The van der Waals surface area contributed by atoms with Crippen LogP contribution in [0, 0.1) is 6.92 Å². The minimum atomic E-state index is 1.19. The van der Waals surface area contributed by atoms with Crippen molar-refractivity contribution in [3.05, 3.63) is 84.8 Å². The van der Waals surface area contributed by atoms with Crippen LogP contribution in [0.15, 0.2) is 79.3 Å². The minimum Gasteiger partial charge on any atom is -0.265 e. The van der Waals surface area contributed by atoms with Crippen LogP contribution in [0.2, 0.25) is 0 Å². The molecule has 2 heterocycles. The van der Waals surface area contributed by atoms with Crippen molar-refractivity contribution in [1.82, 2.24) is 4.98 Å². The Labute approximate surface area is 142 Å². The Morgan fingerprint density at radius 1 is 0.833 bits per heavy atom. The van der Waals surface area contributed by atoms with Gasteiger partial charge >= 0.3 is 0 Å². The molecule has 2 heteroatoms. The van der Waals surface area contributed by atoms with Crippen molar-refractivity contribution in [2.45, 2.75) is 6.92 Å². The highest BCUT2D eigenvalue weighted by Gasteiger charge is 2.17. The molecule has 0 N–H and O–H groups in total. The van der Waals surface area contributed by atoms with E-state index in [0.717, 1.165) is 0 Å². The molecule has 0 amide bonds. The Kier molecular flexibility index (Phi) is 3.58. The van der Waals surface area contributed by atoms with Crippen LogP contribution in [-0.2, 0) is 7.05 Å². The Hall–Kier alpha value is -3.00. The molecule has 2 aromatic heterocycles. The summed E-state index contributed by atoms with van der Waals surface area (Å²) in [6.45, 7) is 2.17. The third-order valence-corrected chi connectivity index (χ3v) is 4.55. The standard InChI is InChI=1S/C22H19N2/c1-16-5-3-4-6-20(16)22-21-15-19(17-9-12-23-13-10-17)8-7-18(21)11-14-24(22)2/h3-15H,1-2H3/q+1. The zero-order valence-corrected chi connectivity index (χ0v) is 13.9. The zero-order valence-electron chi connectivity index (χ0n) is 13.9. The van der Waals surface area contributed by atoms with Crippen molar-refractivity contribution in [2.75, 3.05) is 0 Å². The summed E-state index contributed by atoms with van der Waals surface area (Å²) in [5.41, 5.74) is 6.22. The van der Waals surface area contributed by atoms with Crippen LogP contribution in [-0.4, -0.2) is 4.98 Å². The van der Waals surface area contributed by atoms with Gasteiger partial charge in [0, 0.05) is 24.0 Å². The number of hydrogen-bond acceptors (Lipinski definition) is 1. The lowest BCUT2D eigenvalue weighted by Crippen LogP contribution is -2.30. The van der Waals surface area contributed by atoms with Crippen LogP contribution in [0.5, 0.6) is 0 Å². The van der Waals surface area contributed by atoms with Gasteiger partial charge in [-0.05, 0) is 53.3 Å². The Balaban J connectivity index is 2.02. The Morgan fingerprint density at radius 2 is 1.62 bits per heavy atom. The summed E-state index contributed by atoms with van der Waals surface area (Å²) in [7, 11) is 2.11. The monoisotopic (exact) mass is 311 g/mol. The maximum atomic E-state index is 4.12. The van der Waals surface area contributed by atoms with Crippen LogP contribution < -0.4 is 4.57 Å². The van der Waals surface area contributed by atoms with E-state index in [2.05, 4.69) is 90.4 Å². The van der Waals surface area contributed by atoms with Gasteiger partial charge in [0.2, 0.25) is 5.69 Å². The summed E-state index contributed by atoms with van der Waals surface area (Å²) < 4.78 is 2.21. The van der Waals surface area contributed by atoms with E-state index in [1.165, 1.54) is 38.7 Å². The lowest BCUT2D eigenvalue weighted by Gasteiger charge is -2.09. The minimum absolute atomic E-state index is 1.19. The summed E-state index contributed by atoms with van der Waals surface area (Å²) in [5, 5.41) is 2.52. The average molecular weight is 311 g/mol. The van der Waals surface area contributed by atoms with E-state index >= 15 is 0 Å². The molecule has 24 heavy (non-hydrogen) atoms. The first-order chi connectivity index (χ1) is 11.7. The molecule has 2 aromatic carbocycles. The van der Waals surface area contributed by atoms with Crippen LogP contribution >= 0.6 is 0 Å². The quantitative estimate of drug-likeness (QED) is 0.490. The highest BCUT2D eigenvalue weighted by atomic mass is 14.9. The molecule has 0 unspecified atom stereocenters. The predicted molar refractivity (Wildman–Crippen MR) is 98.5 cm³/mol. The molecule has 4 rings (SSSR count). The molecular weight excluding hydrogens is 292 g/mol. The van der Waals surface area contributed by atoms with Gasteiger partial charge in [0.25, 0.3) is 0 Å². The van der Waals surface area contributed by atoms with Gasteiger partial charge < -0.3 is 0 Å². The molecule has 4 aromatic rings. The first-order valence-corrected chi connectivity index (χ1v) is 8.13. The van der Waals surface area contributed by atoms with Crippen molar-refractivity contribution in [3.63, 3.8) is 0 Å². The molecule has 0 radical (unpaired) electrons. The molecule has 0 fully saturated rings. The zero-order chi connectivity index (χ0) is 16.5. The maximum Gasteiger partial charge on any atom is 0.220 e. The van der Waals surface area contributed by atoms with E-state index in [0.29, 0.717) is 0 Å². The SMILES string of the molecule is Cc1ccccc1-c1c2cc(-c3ccncc3)ccc2cc[n+]1C. The van der Waals surface area contributed by atoms with Gasteiger partial charge in [-0.15, -0.1) is 0 Å². The number of aryl methyl sites for hydroxylation is 2. The molecule has 2 nitrogen and oxygen atoms in total. The summed E-state index contributed by atoms with van der Waals surface area (Å²) >= 11 is 0. The second-order valence-electron chi connectivity index (χ2n) is 6.13. The maximum absolute atomic E-state index is 4.12. The van der Waals surface area contributed by atoms with E-state index in [9.17, 15) is 0 Å². The molecule has 116 valence electrons. The van der Waals surface area contributed by atoms with Gasteiger partial charge in [0.05, 0.1) is 5.39 Å². The van der Waals surface area contributed by atoms with Crippen molar-refractivity contribution < 1.29 is 4.57 Å². The van der Waals surface area contributed by atoms with Gasteiger partial charge in [-0.3, -0.25) is 4.98 Å². The average Bonchev–Trinajstić information content (AvgIpc) is 2.63. The van der Waals surface area contributed by atoms with Crippen molar-refractivity contribution >= 4 is 10.8 Å². The number of hydrogen-bond donors (Lipinski definition) is 0. The largest absolute Gasteiger partial charge is 0.265 e. The van der Waals surface area contributed by atoms with E-state index in [-0.39, 0.29) is 0 Å². The van der Waals surface area contributed by atoms with E-state index < -0.39 is 0 Å². The van der Waals surface area contributed by atoms with Gasteiger partial charge in [0.1, 0.15) is 7.05 Å². The fraction of sp³-hybridized carbons (Fsp3) is 0.0909. The molecule has 0 bridgehead atoms. The van der Waals surface area contributed by atoms with Gasteiger partial charge in [-0.1, -0.05) is 30.3 Å². The molecular formula is C22H19N2+. The number of rotatable bonds is 2. The van der Waals surface area contributed by atoms with Crippen molar-refractivity contribution in [2.24, 2.45) is 7.05 Å². The smallest absolute Gasteiger partial charge is 0.220 e. The number of nitrogens with zero attached hydrogens (tertiary/aromatic N) is 2. The summed E-state index contributed by atoms with van der Waals surface area (Å²) in [6.07, 6.45) is 5.82. The lowest BCUT2D eigenvalue weighted by atomic mass is 9.96. The van der Waals surface area contributed by atoms with Crippen molar-refractivity contribution in [3.8, 4) is 22.4 Å². The van der Waals surface area contributed by atoms with E-state index in [1.54, 1.807) is 0 Å². The van der Waals surface area contributed by atoms with E-state index in [4.69, 9.17) is 0 Å². The van der Waals surface area contributed by atoms with Crippen LogP contribution in [0.25, 0.3) is 33.2 Å². The van der Waals surface area contributed by atoms with E-state index in [1.807, 2.05) is 12.4 Å². The van der Waals surface area contributed by atoms with Gasteiger partial charge in [-0.25, -0.2) is 4.57 Å². The fourth-order valence-electron chi connectivity index (χ4n) is 3.26. The third-order valence-electron chi connectivity index (χ3n) is 4.55. The topological polar surface area (TPSA) is 16.8 Å². The Morgan fingerprint density at radius 3 is 2.42 bits per heavy atom. The summed E-state index contributed by atoms with van der Waals surface area (Å²) in [5.74, 6) is 0. The second kappa shape index (κ2) is 5.89. The fourth-order valence-corrected chi connectivity index (χ4v) is 3.26. The number of pyridine rings is 2. The molecule has 0 atom stereocenters. The highest BCUT2D eigenvalue weighted by molar-refractivity contribution is 5.96. The van der Waals surface area contributed by atoms with Crippen LogP contribution in [0.4, 0.5) is 0 Å². The molecule has 0 aliphatic carbocycles. The number of aromatic nitrogens is 2. The highest BCUT2D eigenvalue weighted by Crippen LogP contribution is 2.31. The molecule has 0 spiro atoms. The number of fused-ring (bicyclic) bond motifs is 1. The first kappa shape index (κ1) is 14.6.